The molecule has 0 bridgehead atoms. The van der Waals surface area contributed by atoms with E-state index in [-0.39, 0.29) is 11.7 Å². The number of hydrogen-bond donors (Lipinski definition) is 0. The number of rotatable bonds is 1. The van der Waals surface area contributed by atoms with Gasteiger partial charge in [0.05, 0.1) is 0 Å². The third-order valence-corrected chi connectivity index (χ3v) is 2.54. The second kappa shape index (κ2) is 3.76. The molecule has 0 spiro atoms. The third kappa shape index (κ3) is 2.22. The first-order chi connectivity index (χ1) is 5.22. The first-order valence-corrected chi connectivity index (χ1v) is 4.75. The predicted molar refractivity (Wildman–Crippen MR) is 44.6 cm³/mol. The Hall–Kier alpha value is -0.510. The quantitative estimate of drug-likeness (QED) is 0.530. The van der Waals surface area contributed by atoms with Gasteiger partial charge in [0.15, 0.2) is 0 Å². The van der Waals surface area contributed by atoms with E-state index in [2.05, 4.69) is 0 Å². The zero-order chi connectivity index (χ0) is 8.27. The number of nitrogens with zero attached hydrogens (tertiary/aromatic N) is 1. The second-order valence-electron chi connectivity index (χ2n) is 2.46. The summed E-state index contributed by atoms with van der Waals surface area (Å²) in [5, 5.41) is 0. The molecule has 0 radical (unpaired) electrons. The summed E-state index contributed by atoms with van der Waals surface area (Å²) in [6.07, 6.45) is 0. The summed E-state index contributed by atoms with van der Waals surface area (Å²) in [6, 6.07) is 0. The molecule has 3 nitrogen and oxygen atoms in total. The molecule has 1 saturated heterocycles. The smallest absolute Gasteiger partial charge is 0.289 e. The van der Waals surface area contributed by atoms with Crippen molar-refractivity contribution in [3.63, 3.8) is 0 Å². The molecule has 0 N–H and O–H groups in total. The van der Waals surface area contributed by atoms with Gasteiger partial charge in [-0.25, -0.2) is 0 Å². The Morgan fingerprint density at radius 2 is 1.82 bits per heavy atom. The van der Waals surface area contributed by atoms with Gasteiger partial charge >= 0.3 is 0 Å². The van der Waals surface area contributed by atoms with Gasteiger partial charge in [0.1, 0.15) is 0 Å². The fourth-order valence-electron chi connectivity index (χ4n) is 0.989. The zero-order valence-corrected chi connectivity index (χ0v) is 7.32. The van der Waals surface area contributed by atoms with Crippen LogP contribution in [-0.4, -0.2) is 41.2 Å². The van der Waals surface area contributed by atoms with E-state index in [1.807, 2.05) is 11.8 Å². The van der Waals surface area contributed by atoms with Crippen LogP contribution in [0.3, 0.4) is 0 Å². The van der Waals surface area contributed by atoms with E-state index < -0.39 is 0 Å². The van der Waals surface area contributed by atoms with E-state index in [0.29, 0.717) is 0 Å². The Balaban J connectivity index is 2.45. The van der Waals surface area contributed by atoms with Crippen molar-refractivity contribution in [2.75, 3.05) is 24.6 Å². The van der Waals surface area contributed by atoms with Gasteiger partial charge in [0, 0.05) is 31.5 Å². The van der Waals surface area contributed by atoms with Crippen molar-refractivity contribution in [2.45, 2.75) is 6.92 Å². The summed E-state index contributed by atoms with van der Waals surface area (Å²) in [5.74, 6) is 1.24. The Bertz CT molecular complexity index is 175. The fourth-order valence-corrected chi connectivity index (χ4v) is 1.89. The molecule has 1 amide bonds. The Morgan fingerprint density at radius 3 is 2.27 bits per heavy atom. The van der Waals surface area contributed by atoms with Gasteiger partial charge in [-0.1, -0.05) is 0 Å². The summed E-state index contributed by atoms with van der Waals surface area (Å²) in [4.78, 5) is 23.3. The maximum Gasteiger partial charge on any atom is 0.289 e. The molecule has 4 heteroatoms. The lowest BCUT2D eigenvalue weighted by Crippen LogP contribution is -2.41. The monoisotopic (exact) mass is 173 g/mol. The molecule has 1 aliphatic heterocycles. The molecule has 0 unspecified atom stereocenters. The van der Waals surface area contributed by atoms with Gasteiger partial charge in [0.25, 0.3) is 5.91 Å². The van der Waals surface area contributed by atoms with Crippen molar-refractivity contribution >= 4 is 23.5 Å². The van der Waals surface area contributed by atoms with Gasteiger partial charge in [-0.15, -0.1) is 0 Å². The molecule has 62 valence electrons. The summed E-state index contributed by atoms with van der Waals surface area (Å²) >= 11 is 1.82. The Morgan fingerprint density at radius 1 is 1.27 bits per heavy atom. The lowest BCUT2D eigenvalue weighted by molar-refractivity contribution is -0.143. The highest BCUT2D eigenvalue weighted by Crippen LogP contribution is 2.08. The summed E-state index contributed by atoms with van der Waals surface area (Å²) in [6.45, 7) is 2.77. The normalized spacial score (nSPS) is 18.1. The number of hydrogen-bond acceptors (Lipinski definition) is 3. The molecule has 0 saturated carbocycles. The number of amides is 1. The van der Waals surface area contributed by atoms with Crippen LogP contribution in [0.1, 0.15) is 6.92 Å². The minimum absolute atomic E-state index is 0.328. The lowest BCUT2D eigenvalue weighted by Gasteiger charge is -2.24. The molecule has 1 heterocycles. The molecular weight excluding hydrogens is 162 g/mol. The predicted octanol–water partition coefficient (Wildman–Crippen LogP) is 0.151. The zero-order valence-electron chi connectivity index (χ0n) is 6.50. The number of carbonyl (C=O) groups is 2. The van der Waals surface area contributed by atoms with E-state index in [1.165, 1.54) is 6.92 Å². The van der Waals surface area contributed by atoms with E-state index in [1.54, 1.807) is 4.90 Å². The fraction of sp³-hybridized carbons (Fsp3) is 0.714. The van der Waals surface area contributed by atoms with Gasteiger partial charge in [-0.05, 0) is 0 Å². The summed E-state index contributed by atoms with van der Waals surface area (Å²) in [5.41, 5.74) is 0. The van der Waals surface area contributed by atoms with Crippen molar-refractivity contribution < 1.29 is 9.59 Å². The van der Waals surface area contributed by atoms with Crippen LogP contribution in [0.25, 0.3) is 0 Å². The van der Waals surface area contributed by atoms with E-state index in [0.717, 1.165) is 24.6 Å². The molecule has 0 aliphatic carbocycles. The molecule has 0 atom stereocenters. The average Bonchev–Trinajstić information content (AvgIpc) is 2.05. The molecular formula is C7H11NO2S. The molecule has 11 heavy (non-hydrogen) atoms. The maximum atomic E-state index is 11.1. The molecule has 0 aromatic carbocycles. The topological polar surface area (TPSA) is 37.4 Å². The van der Waals surface area contributed by atoms with Gasteiger partial charge in [-0.3, -0.25) is 9.59 Å². The van der Waals surface area contributed by atoms with Crippen LogP contribution in [0.5, 0.6) is 0 Å². The molecule has 1 fully saturated rings. The highest BCUT2D eigenvalue weighted by molar-refractivity contribution is 7.99. The maximum absolute atomic E-state index is 11.1. The van der Waals surface area contributed by atoms with Crippen LogP contribution in [0.4, 0.5) is 0 Å². The molecule has 1 aliphatic rings. The summed E-state index contributed by atoms with van der Waals surface area (Å²) < 4.78 is 0. The van der Waals surface area contributed by atoms with Crippen LogP contribution in [-0.2, 0) is 9.59 Å². The van der Waals surface area contributed by atoms with Crippen molar-refractivity contribution in [3.8, 4) is 0 Å². The van der Waals surface area contributed by atoms with Crippen molar-refractivity contribution in [3.05, 3.63) is 0 Å². The first kappa shape index (κ1) is 8.59. The van der Waals surface area contributed by atoms with Gasteiger partial charge in [-0.2, -0.15) is 11.8 Å². The average molecular weight is 173 g/mol. The summed E-state index contributed by atoms with van der Waals surface area (Å²) in [7, 11) is 0. The number of Topliss-reactive ketones (excluding diaryl/α,β-unsaturated/α-hetero) is 1. The largest absolute Gasteiger partial charge is 0.334 e. The Labute approximate surface area is 70.1 Å². The highest BCUT2D eigenvalue weighted by atomic mass is 32.2. The molecule has 0 aromatic heterocycles. The van der Waals surface area contributed by atoms with Crippen molar-refractivity contribution in [1.29, 1.82) is 0 Å². The van der Waals surface area contributed by atoms with Crippen LogP contribution in [0.2, 0.25) is 0 Å². The number of carbonyl (C=O) groups excluding carboxylic acids is 2. The number of thioether (sulfide) groups is 1. The first-order valence-electron chi connectivity index (χ1n) is 3.59. The van der Waals surface area contributed by atoms with Crippen LogP contribution in [0, 0.1) is 0 Å². The lowest BCUT2D eigenvalue weighted by atomic mass is 10.3. The van der Waals surface area contributed by atoms with Crippen LogP contribution in [0.15, 0.2) is 0 Å². The molecule has 0 aromatic rings. The molecule has 1 rings (SSSR count). The van der Waals surface area contributed by atoms with Crippen LogP contribution >= 0.6 is 11.8 Å². The van der Waals surface area contributed by atoms with E-state index in [9.17, 15) is 9.59 Å². The SMILES string of the molecule is CC(=O)C(=O)N1CCSCC1. The highest BCUT2D eigenvalue weighted by Gasteiger charge is 2.19. The van der Waals surface area contributed by atoms with Crippen molar-refractivity contribution in [2.24, 2.45) is 0 Å². The number of ketones is 1. The minimum atomic E-state index is -0.350. The third-order valence-electron chi connectivity index (χ3n) is 1.60. The van der Waals surface area contributed by atoms with E-state index >= 15 is 0 Å². The van der Waals surface area contributed by atoms with E-state index in [4.69, 9.17) is 0 Å². The standard InChI is InChI=1S/C7H11NO2S/c1-6(9)7(10)8-2-4-11-5-3-8/h2-5H2,1H3. The Kier molecular flexibility index (Phi) is 2.93. The van der Waals surface area contributed by atoms with Gasteiger partial charge in [0.2, 0.25) is 5.78 Å². The minimum Gasteiger partial charge on any atom is -0.334 e. The van der Waals surface area contributed by atoms with Crippen molar-refractivity contribution in [1.82, 2.24) is 4.90 Å². The van der Waals surface area contributed by atoms with Crippen LogP contribution < -0.4 is 0 Å². The second-order valence-corrected chi connectivity index (χ2v) is 3.69. The van der Waals surface area contributed by atoms with Gasteiger partial charge < -0.3 is 4.90 Å².